The molecule has 408 valence electrons. The molecule has 0 aromatic carbocycles. The molecule has 2 saturated heterocycles. The number of unbranched alkanes of at least 4 members (excludes halogenated alkanes) is 24. The molecule has 0 aromatic heterocycles. The minimum absolute atomic E-state index is 0.253. The highest BCUT2D eigenvalue weighted by atomic mass is 16.7. The highest BCUT2D eigenvalue weighted by Gasteiger charge is 2.51. The summed E-state index contributed by atoms with van der Waals surface area (Å²) >= 11 is 0. The molecule has 14 nitrogen and oxygen atoms in total. The van der Waals surface area contributed by atoms with Crippen LogP contribution >= 0.6 is 0 Å². The second kappa shape index (κ2) is 42.3. The van der Waals surface area contributed by atoms with Crippen LogP contribution in [0.1, 0.15) is 206 Å². The number of nitrogens with one attached hydrogen (secondary N) is 1. The lowest BCUT2D eigenvalue weighted by Crippen LogP contribution is -2.65. The third kappa shape index (κ3) is 28.4. The molecule has 70 heavy (non-hydrogen) atoms. The molecule has 0 saturated carbocycles. The fourth-order valence-corrected chi connectivity index (χ4v) is 8.94. The number of amides is 1. The maximum atomic E-state index is 13.2. The molecule has 0 aliphatic carbocycles. The van der Waals surface area contributed by atoms with E-state index in [2.05, 4.69) is 55.6 Å². The van der Waals surface area contributed by atoms with Crippen LogP contribution in [-0.4, -0.2) is 140 Å². The van der Waals surface area contributed by atoms with Gasteiger partial charge in [0.05, 0.1) is 32.0 Å². The van der Waals surface area contributed by atoms with Crippen LogP contribution in [0.4, 0.5) is 0 Å². The third-order valence-corrected chi connectivity index (χ3v) is 13.5. The molecule has 2 aliphatic rings. The number of aliphatic hydroxyl groups is 8. The number of carbonyl (C=O) groups is 1. The van der Waals surface area contributed by atoms with Gasteiger partial charge in [0.1, 0.15) is 48.8 Å². The van der Waals surface area contributed by atoms with Crippen molar-refractivity contribution in [1.29, 1.82) is 0 Å². The Kier molecular flexibility index (Phi) is 38.7. The maximum Gasteiger partial charge on any atom is 0.220 e. The van der Waals surface area contributed by atoms with Crippen LogP contribution in [0.3, 0.4) is 0 Å². The van der Waals surface area contributed by atoms with E-state index in [1.54, 1.807) is 6.08 Å². The van der Waals surface area contributed by atoms with Crippen molar-refractivity contribution in [3.05, 3.63) is 48.6 Å². The Morgan fingerprint density at radius 3 is 1.47 bits per heavy atom. The van der Waals surface area contributed by atoms with Gasteiger partial charge in [0, 0.05) is 6.42 Å². The van der Waals surface area contributed by atoms with Crippen LogP contribution in [0.25, 0.3) is 0 Å². The molecule has 2 heterocycles. The van der Waals surface area contributed by atoms with E-state index in [0.717, 1.165) is 70.6 Å². The van der Waals surface area contributed by atoms with Gasteiger partial charge < -0.3 is 65.1 Å². The van der Waals surface area contributed by atoms with Crippen molar-refractivity contribution < 1.29 is 64.6 Å². The van der Waals surface area contributed by atoms with Crippen LogP contribution in [0, 0.1) is 0 Å². The van der Waals surface area contributed by atoms with E-state index in [9.17, 15) is 45.6 Å². The fraction of sp³-hybridized carbons (Fsp3) is 0.839. The van der Waals surface area contributed by atoms with Gasteiger partial charge in [-0.1, -0.05) is 191 Å². The van der Waals surface area contributed by atoms with Gasteiger partial charge in [0.2, 0.25) is 5.91 Å². The Bertz CT molecular complexity index is 1360. The zero-order chi connectivity index (χ0) is 51.0. The predicted octanol–water partition coefficient (Wildman–Crippen LogP) is 8.44. The zero-order valence-corrected chi connectivity index (χ0v) is 43.5. The molecule has 2 fully saturated rings. The van der Waals surface area contributed by atoms with Gasteiger partial charge in [-0.2, -0.15) is 0 Å². The Hall–Kier alpha value is -2.05. The summed E-state index contributed by atoms with van der Waals surface area (Å²) in [5, 5.41) is 86.9. The smallest absolute Gasteiger partial charge is 0.220 e. The molecule has 0 bridgehead atoms. The monoisotopic (exact) mass is 996 g/mol. The first-order valence-corrected chi connectivity index (χ1v) is 27.9. The topological polar surface area (TPSA) is 228 Å². The van der Waals surface area contributed by atoms with Crippen molar-refractivity contribution in [3.63, 3.8) is 0 Å². The number of aliphatic hydroxyl groups excluding tert-OH is 8. The van der Waals surface area contributed by atoms with E-state index in [-0.39, 0.29) is 18.9 Å². The van der Waals surface area contributed by atoms with E-state index < -0.39 is 86.8 Å². The third-order valence-electron chi connectivity index (χ3n) is 13.5. The molecule has 1 amide bonds. The van der Waals surface area contributed by atoms with Gasteiger partial charge >= 0.3 is 0 Å². The Balaban J connectivity index is 1.82. The standard InChI is InChI=1S/C56H101NO13/c1-3-5-7-9-11-13-15-17-19-21-22-24-26-28-30-32-34-36-38-40-48(61)57-44(45(60)39-37-35-33-31-29-27-25-23-20-18-16-14-12-10-8-6-4-2)43-67-55-53(66)51(64)54(47(42-59)69-55)70-56-52(65)50(63)49(62)46(41-58)68-56/h11,13,17,19,22,24,37,39,44-47,49-56,58-60,62-66H,3-10,12,14-16,18,20-21,23,25-36,38,40-43H2,1-2H3,(H,57,61)/b13-11-,19-17-,24-22-,39-37+. The van der Waals surface area contributed by atoms with Crippen molar-refractivity contribution in [1.82, 2.24) is 5.32 Å². The molecule has 0 spiro atoms. The Morgan fingerprint density at radius 1 is 0.514 bits per heavy atom. The van der Waals surface area contributed by atoms with Gasteiger partial charge in [-0.3, -0.25) is 4.79 Å². The summed E-state index contributed by atoms with van der Waals surface area (Å²) < 4.78 is 22.7. The number of hydrogen-bond donors (Lipinski definition) is 9. The van der Waals surface area contributed by atoms with Crippen molar-refractivity contribution >= 4 is 5.91 Å². The van der Waals surface area contributed by atoms with E-state index >= 15 is 0 Å². The molecule has 2 aliphatic heterocycles. The lowest BCUT2D eigenvalue weighted by Gasteiger charge is -2.46. The Labute approximate surface area is 423 Å². The molecule has 0 aromatic rings. The molecular formula is C56H101NO13. The van der Waals surface area contributed by atoms with Crippen molar-refractivity contribution in [2.24, 2.45) is 0 Å². The second-order valence-corrected chi connectivity index (χ2v) is 19.7. The first-order valence-electron chi connectivity index (χ1n) is 27.9. The van der Waals surface area contributed by atoms with Crippen molar-refractivity contribution in [2.75, 3.05) is 19.8 Å². The summed E-state index contributed by atoms with van der Waals surface area (Å²) in [4.78, 5) is 13.2. The first kappa shape index (κ1) is 64.1. The number of allylic oxidation sites excluding steroid dienone is 7. The van der Waals surface area contributed by atoms with Crippen molar-refractivity contribution in [2.45, 2.75) is 280 Å². The second-order valence-electron chi connectivity index (χ2n) is 19.7. The molecule has 12 unspecified atom stereocenters. The number of carbonyl (C=O) groups excluding carboxylic acids is 1. The zero-order valence-electron chi connectivity index (χ0n) is 43.5. The number of rotatable bonds is 43. The lowest BCUT2D eigenvalue weighted by molar-refractivity contribution is -0.359. The van der Waals surface area contributed by atoms with Crippen LogP contribution in [-0.2, 0) is 23.7 Å². The predicted molar refractivity (Wildman–Crippen MR) is 277 cm³/mol. The highest BCUT2D eigenvalue weighted by molar-refractivity contribution is 5.76. The molecule has 9 N–H and O–H groups in total. The van der Waals surface area contributed by atoms with E-state index in [1.165, 1.54) is 109 Å². The molecule has 2 rings (SSSR count). The molecule has 14 heteroatoms. The Morgan fingerprint density at radius 2 is 0.943 bits per heavy atom. The first-order chi connectivity index (χ1) is 34.1. The largest absolute Gasteiger partial charge is 0.394 e. The summed E-state index contributed by atoms with van der Waals surface area (Å²) in [5.74, 6) is -0.253. The van der Waals surface area contributed by atoms with Gasteiger partial charge in [-0.25, -0.2) is 0 Å². The molecule has 0 radical (unpaired) electrons. The van der Waals surface area contributed by atoms with E-state index in [1.807, 2.05) is 6.08 Å². The van der Waals surface area contributed by atoms with Crippen molar-refractivity contribution in [3.8, 4) is 0 Å². The fourth-order valence-electron chi connectivity index (χ4n) is 8.94. The van der Waals surface area contributed by atoms with Gasteiger partial charge in [-0.05, 0) is 57.8 Å². The SMILES string of the molecule is CCCCC/C=C\C/C=C\C/C=C\CCCCCCCCC(=O)NC(COC1OC(CO)C(OC2OC(CO)C(O)C(O)C2O)C(O)C1O)C(O)/C=C/CCCCCCCCCCCCCCCCC. The summed E-state index contributed by atoms with van der Waals surface area (Å²) in [6.07, 6.45) is 34.2. The van der Waals surface area contributed by atoms with E-state index in [4.69, 9.17) is 18.9 Å². The maximum absolute atomic E-state index is 13.2. The quantitative estimate of drug-likeness (QED) is 0.0207. The minimum Gasteiger partial charge on any atom is -0.394 e. The van der Waals surface area contributed by atoms with Gasteiger partial charge in [0.25, 0.3) is 0 Å². The summed E-state index contributed by atoms with van der Waals surface area (Å²) in [5.41, 5.74) is 0. The highest BCUT2D eigenvalue weighted by Crippen LogP contribution is 2.30. The van der Waals surface area contributed by atoms with Crippen LogP contribution in [0.2, 0.25) is 0 Å². The minimum atomic E-state index is -1.79. The van der Waals surface area contributed by atoms with E-state index in [0.29, 0.717) is 6.42 Å². The van der Waals surface area contributed by atoms with Crippen LogP contribution in [0.15, 0.2) is 48.6 Å². The number of ether oxygens (including phenoxy) is 4. The van der Waals surface area contributed by atoms with Gasteiger partial charge in [0.15, 0.2) is 12.6 Å². The average molecular weight is 996 g/mol. The molecule has 12 atom stereocenters. The molecular weight excluding hydrogens is 895 g/mol. The summed E-state index contributed by atoms with van der Waals surface area (Å²) in [7, 11) is 0. The summed E-state index contributed by atoms with van der Waals surface area (Å²) in [6.45, 7) is 2.76. The lowest BCUT2D eigenvalue weighted by atomic mass is 9.97. The van der Waals surface area contributed by atoms with Crippen LogP contribution < -0.4 is 5.32 Å². The van der Waals surface area contributed by atoms with Gasteiger partial charge in [-0.15, -0.1) is 0 Å². The summed E-state index contributed by atoms with van der Waals surface area (Å²) in [6, 6.07) is -0.922. The van der Waals surface area contributed by atoms with Crippen LogP contribution in [0.5, 0.6) is 0 Å². The normalized spacial score (nSPS) is 26.3. The average Bonchev–Trinajstić information content (AvgIpc) is 3.36. The number of hydrogen-bond acceptors (Lipinski definition) is 13.